The van der Waals surface area contributed by atoms with Crippen molar-refractivity contribution in [3.05, 3.63) is 23.3 Å². The van der Waals surface area contributed by atoms with Gasteiger partial charge in [-0.05, 0) is 12.1 Å². The molecular weight excluding hydrogens is 170 g/mol. The van der Waals surface area contributed by atoms with Crippen LogP contribution in [0.1, 0.15) is 15.9 Å². The molecule has 0 aliphatic carbocycles. The first kappa shape index (κ1) is 7.62. The second kappa shape index (κ2) is 2.79. The molecule has 2 rings (SSSR count). The lowest BCUT2D eigenvalue weighted by atomic mass is 10.1. The molecule has 0 aromatic heterocycles. The van der Waals surface area contributed by atoms with Crippen LogP contribution in [-0.2, 0) is 0 Å². The van der Waals surface area contributed by atoms with Crippen molar-refractivity contribution >= 4 is 6.29 Å². The Morgan fingerprint density at radius 2 is 2.31 bits per heavy atom. The van der Waals surface area contributed by atoms with Crippen LogP contribution < -0.4 is 9.47 Å². The minimum atomic E-state index is 0.103. The van der Waals surface area contributed by atoms with E-state index in [-0.39, 0.29) is 6.79 Å². The summed E-state index contributed by atoms with van der Waals surface area (Å²) in [4.78, 5) is 10.5. The molecule has 1 aromatic rings. The van der Waals surface area contributed by atoms with Crippen molar-refractivity contribution < 1.29 is 14.3 Å². The summed E-state index contributed by atoms with van der Waals surface area (Å²) >= 11 is 0. The van der Waals surface area contributed by atoms with E-state index in [1.807, 2.05) is 6.07 Å². The van der Waals surface area contributed by atoms with Gasteiger partial charge in [0.2, 0.25) is 6.79 Å². The highest BCUT2D eigenvalue weighted by Crippen LogP contribution is 2.35. The summed E-state index contributed by atoms with van der Waals surface area (Å²) < 4.78 is 10.1. The number of nitrogens with zero attached hydrogens (tertiary/aromatic N) is 1. The summed E-state index contributed by atoms with van der Waals surface area (Å²) in [6.45, 7) is 0.103. The Balaban J connectivity index is 2.63. The predicted molar refractivity (Wildman–Crippen MR) is 42.7 cm³/mol. The van der Waals surface area contributed by atoms with Crippen LogP contribution in [0.5, 0.6) is 11.5 Å². The molecule has 1 aromatic carbocycles. The fourth-order valence-electron chi connectivity index (χ4n) is 1.18. The zero-order valence-electron chi connectivity index (χ0n) is 6.61. The average molecular weight is 175 g/mol. The second-order valence-electron chi connectivity index (χ2n) is 2.53. The van der Waals surface area contributed by atoms with Crippen LogP contribution in [0.25, 0.3) is 0 Å². The van der Waals surface area contributed by atoms with Crippen LogP contribution in [-0.4, -0.2) is 13.1 Å². The standard InChI is InChI=1S/C9H5NO3/c10-3-7-1-6(4-11)2-8-9(7)13-5-12-8/h1-2,4H,5H2. The molecule has 0 saturated heterocycles. The van der Waals surface area contributed by atoms with Gasteiger partial charge in [0.25, 0.3) is 0 Å². The molecule has 0 atom stereocenters. The summed E-state index contributed by atoms with van der Waals surface area (Å²) in [5, 5.41) is 8.72. The molecule has 4 heteroatoms. The number of hydrogen-bond donors (Lipinski definition) is 0. The van der Waals surface area contributed by atoms with E-state index < -0.39 is 0 Å². The summed E-state index contributed by atoms with van der Waals surface area (Å²) in [7, 11) is 0. The van der Waals surface area contributed by atoms with Crippen LogP contribution in [0.4, 0.5) is 0 Å². The van der Waals surface area contributed by atoms with Gasteiger partial charge in [-0.15, -0.1) is 0 Å². The quantitative estimate of drug-likeness (QED) is 0.599. The van der Waals surface area contributed by atoms with Gasteiger partial charge in [-0.2, -0.15) is 5.26 Å². The van der Waals surface area contributed by atoms with Crippen molar-refractivity contribution in [3.63, 3.8) is 0 Å². The van der Waals surface area contributed by atoms with Gasteiger partial charge in [0.05, 0.1) is 5.56 Å². The van der Waals surface area contributed by atoms with Crippen molar-refractivity contribution in [1.29, 1.82) is 5.26 Å². The van der Waals surface area contributed by atoms with E-state index >= 15 is 0 Å². The molecular formula is C9H5NO3. The molecule has 1 aliphatic heterocycles. The minimum absolute atomic E-state index is 0.103. The Kier molecular flexibility index (Phi) is 1.64. The lowest BCUT2D eigenvalue weighted by Crippen LogP contribution is -1.93. The highest BCUT2D eigenvalue weighted by atomic mass is 16.7. The Morgan fingerprint density at radius 3 is 3.00 bits per heavy atom. The van der Waals surface area contributed by atoms with E-state index in [1.165, 1.54) is 6.07 Å². The van der Waals surface area contributed by atoms with Crippen LogP contribution >= 0.6 is 0 Å². The number of fused-ring (bicyclic) bond motifs is 1. The zero-order chi connectivity index (χ0) is 9.26. The van der Waals surface area contributed by atoms with Gasteiger partial charge in [-0.3, -0.25) is 4.79 Å². The van der Waals surface area contributed by atoms with Gasteiger partial charge < -0.3 is 9.47 Å². The van der Waals surface area contributed by atoms with Crippen LogP contribution in [0.2, 0.25) is 0 Å². The number of rotatable bonds is 1. The lowest BCUT2D eigenvalue weighted by molar-refractivity contribution is 0.112. The van der Waals surface area contributed by atoms with Crippen molar-refractivity contribution in [1.82, 2.24) is 0 Å². The highest BCUT2D eigenvalue weighted by molar-refractivity contribution is 5.78. The Labute approximate surface area is 74.3 Å². The lowest BCUT2D eigenvalue weighted by Gasteiger charge is -1.98. The molecule has 0 radical (unpaired) electrons. The Bertz CT molecular complexity index is 406. The second-order valence-corrected chi connectivity index (χ2v) is 2.53. The van der Waals surface area contributed by atoms with Crippen molar-refractivity contribution in [3.8, 4) is 17.6 Å². The summed E-state index contributed by atoms with van der Waals surface area (Å²) in [5.41, 5.74) is 0.748. The number of ether oxygens (including phenoxy) is 2. The molecule has 0 unspecified atom stereocenters. The predicted octanol–water partition coefficient (Wildman–Crippen LogP) is 1.10. The third-order valence-corrected chi connectivity index (χ3v) is 1.75. The summed E-state index contributed by atoms with van der Waals surface area (Å²) in [6, 6.07) is 4.96. The first-order chi connectivity index (χ1) is 6.35. The third-order valence-electron chi connectivity index (χ3n) is 1.75. The molecule has 1 heterocycles. The van der Waals surface area contributed by atoms with Crippen LogP contribution in [0.15, 0.2) is 12.1 Å². The smallest absolute Gasteiger partial charge is 0.231 e. The largest absolute Gasteiger partial charge is 0.454 e. The van der Waals surface area contributed by atoms with Crippen molar-refractivity contribution in [2.45, 2.75) is 0 Å². The van der Waals surface area contributed by atoms with Crippen LogP contribution in [0, 0.1) is 11.3 Å². The minimum Gasteiger partial charge on any atom is -0.454 e. The van der Waals surface area contributed by atoms with E-state index in [0.29, 0.717) is 28.9 Å². The van der Waals surface area contributed by atoms with Crippen molar-refractivity contribution in [2.75, 3.05) is 6.79 Å². The van der Waals surface area contributed by atoms with E-state index in [0.717, 1.165) is 0 Å². The SMILES string of the molecule is N#Cc1cc(C=O)cc2c1OCO2. The molecule has 0 bridgehead atoms. The Hall–Kier alpha value is -2.02. The first-order valence-corrected chi connectivity index (χ1v) is 3.64. The van der Waals surface area contributed by atoms with Gasteiger partial charge in [-0.25, -0.2) is 0 Å². The van der Waals surface area contributed by atoms with Gasteiger partial charge >= 0.3 is 0 Å². The van der Waals surface area contributed by atoms with Crippen LogP contribution in [0.3, 0.4) is 0 Å². The molecule has 0 N–H and O–H groups in total. The molecule has 0 saturated carbocycles. The number of carbonyl (C=O) groups excluding carboxylic acids is 1. The average Bonchev–Trinajstić information content (AvgIpc) is 2.63. The third kappa shape index (κ3) is 1.11. The number of nitriles is 1. The number of benzene rings is 1. The van der Waals surface area contributed by atoms with Gasteiger partial charge in [0.15, 0.2) is 11.5 Å². The monoisotopic (exact) mass is 175 g/mol. The molecule has 0 fully saturated rings. The molecule has 4 nitrogen and oxygen atoms in total. The fraction of sp³-hybridized carbons (Fsp3) is 0.111. The van der Waals surface area contributed by atoms with Gasteiger partial charge in [-0.1, -0.05) is 0 Å². The van der Waals surface area contributed by atoms with Gasteiger partial charge in [0, 0.05) is 5.56 Å². The normalized spacial score (nSPS) is 12.2. The maximum Gasteiger partial charge on any atom is 0.231 e. The molecule has 13 heavy (non-hydrogen) atoms. The first-order valence-electron chi connectivity index (χ1n) is 3.64. The maximum absolute atomic E-state index is 10.5. The Morgan fingerprint density at radius 1 is 1.46 bits per heavy atom. The van der Waals surface area contributed by atoms with E-state index in [9.17, 15) is 4.79 Å². The molecule has 0 spiro atoms. The fourth-order valence-corrected chi connectivity index (χ4v) is 1.18. The highest BCUT2D eigenvalue weighted by Gasteiger charge is 2.18. The summed E-state index contributed by atoms with van der Waals surface area (Å²) in [5.74, 6) is 0.884. The number of hydrogen-bond acceptors (Lipinski definition) is 4. The van der Waals surface area contributed by atoms with E-state index in [1.54, 1.807) is 6.07 Å². The maximum atomic E-state index is 10.5. The zero-order valence-corrected chi connectivity index (χ0v) is 6.61. The number of carbonyl (C=O) groups is 1. The number of aldehydes is 1. The van der Waals surface area contributed by atoms with Gasteiger partial charge in [0.1, 0.15) is 12.4 Å². The van der Waals surface area contributed by atoms with E-state index in [2.05, 4.69) is 0 Å². The molecule has 0 amide bonds. The molecule has 1 aliphatic rings. The topological polar surface area (TPSA) is 59.3 Å². The summed E-state index contributed by atoms with van der Waals surface area (Å²) in [6.07, 6.45) is 0.669. The molecule has 64 valence electrons. The van der Waals surface area contributed by atoms with E-state index in [4.69, 9.17) is 14.7 Å². The van der Waals surface area contributed by atoms with Crippen molar-refractivity contribution in [2.24, 2.45) is 0 Å².